The lowest BCUT2D eigenvalue weighted by Gasteiger charge is -2.22. The van der Waals surface area contributed by atoms with Gasteiger partial charge in [-0.15, -0.1) is 0 Å². The van der Waals surface area contributed by atoms with Gasteiger partial charge in [-0.25, -0.2) is 0 Å². The van der Waals surface area contributed by atoms with Crippen molar-refractivity contribution in [1.82, 2.24) is 0 Å². The zero-order valence-electron chi connectivity index (χ0n) is 30.2. The zero-order chi connectivity index (χ0) is 34.3. The third kappa shape index (κ3) is 4.80. The number of benzene rings is 8. The van der Waals surface area contributed by atoms with Gasteiger partial charge in [0.05, 0.1) is 0 Å². The molecule has 0 heteroatoms. The molecule has 0 aliphatic heterocycles. The normalized spacial score (nSPS) is 13.1. The molecule has 4 bridgehead atoms. The number of hydrogen-bond donors (Lipinski definition) is 0. The van der Waals surface area contributed by atoms with Crippen LogP contribution < -0.4 is 0 Å². The molecule has 0 N–H and O–H groups in total. The lowest BCUT2D eigenvalue weighted by Crippen LogP contribution is -2.01. The minimum absolute atomic E-state index is 0.993. The van der Waals surface area contributed by atoms with Gasteiger partial charge in [-0.2, -0.15) is 0 Å². The summed E-state index contributed by atoms with van der Waals surface area (Å²) in [5.41, 5.74) is 19.4. The highest BCUT2D eigenvalue weighted by molar-refractivity contribution is 6.16. The summed E-state index contributed by atoms with van der Waals surface area (Å²) < 4.78 is 0. The van der Waals surface area contributed by atoms with Crippen LogP contribution in [-0.2, 0) is 25.7 Å². The summed E-state index contributed by atoms with van der Waals surface area (Å²) in [5.74, 6) is 0. The van der Waals surface area contributed by atoms with Gasteiger partial charge in [-0.05, 0) is 189 Å². The van der Waals surface area contributed by atoms with Crippen molar-refractivity contribution in [3.8, 4) is 22.3 Å². The van der Waals surface area contributed by atoms with Gasteiger partial charge >= 0.3 is 0 Å². The maximum atomic E-state index is 2.53. The first-order chi connectivity index (χ1) is 24.3. The standard InChI is InChI=1S/C50H44/c1-29-23-31(3)47(32(4)24-29)49-39-15-7-11-35-19-21-37-13-9-17-41-45(37)28-46-38(22-20-36-12-8-16-40(49)44(36)27-43(35)39)14-10-18-42(46)50(41)48-33(5)25-30(2)26-34(48)6/h7-18,23-28H,19-22H2,1-6H3. The first-order valence-corrected chi connectivity index (χ1v) is 18.4. The van der Waals surface area contributed by atoms with Gasteiger partial charge in [-0.1, -0.05) is 108 Å². The fraction of sp³-hybridized carbons (Fsp3) is 0.200. The van der Waals surface area contributed by atoms with Crippen molar-refractivity contribution >= 4 is 43.1 Å². The lowest BCUT2D eigenvalue weighted by molar-refractivity contribution is 0.974. The van der Waals surface area contributed by atoms with E-state index in [2.05, 4.69) is 151 Å². The molecule has 0 unspecified atom stereocenters. The Morgan fingerprint density at radius 2 is 0.540 bits per heavy atom. The summed E-state index contributed by atoms with van der Waals surface area (Å²) in [6.07, 6.45) is 3.97. The molecule has 0 heterocycles. The summed E-state index contributed by atoms with van der Waals surface area (Å²) in [6.45, 7) is 13.6. The molecule has 0 saturated carbocycles. The predicted molar refractivity (Wildman–Crippen MR) is 217 cm³/mol. The van der Waals surface area contributed by atoms with Crippen LogP contribution in [0.15, 0.2) is 109 Å². The van der Waals surface area contributed by atoms with Gasteiger partial charge in [0, 0.05) is 0 Å². The Hall–Kier alpha value is -5.20. The van der Waals surface area contributed by atoms with Crippen molar-refractivity contribution in [2.45, 2.75) is 67.2 Å². The van der Waals surface area contributed by atoms with Gasteiger partial charge in [0.1, 0.15) is 0 Å². The Labute approximate surface area is 296 Å². The van der Waals surface area contributed by atoms with E-state index in [0.717, 1.165) is 25.7 Å². The molecular formula is C50H44. The van der Waals surface area contributed by atoms with Crippen LogP contribution in [0, 0.1) is 41.5 Å². The van der Waals surface area contributed by atoms with E-state index in [1.165, 1.54) is 121 Å². The van der Waals surface area contributed by atoms with Crippen LogP contribution >= 0.6 is 0 Å². The van der Waals surface area contributed by atoms with Gasteiger partial charge < -0.3 is 0 Å². The first-order valence-electron chi connectivity index (χ1n) is 18.4. The van der Waals surface area contributed by atoms with Gasteiger partial charge in [-0.3, -0.25) is 0 Å². The van der Waals surface area contributed by atoms with Crippen LogP contribution in [-0.4, -0.2) is 0 Å². The lowest BCUT2D eigenvalue weighted by atomic mass is 9.82. The monoisotopic (exact) mass is 644 g/mol. The molecule has 0 nitrogen and oxygen atoms in total. The van der Waals surface area contributed by atoms with Crippen LogP contribution in [0.4, 0.5) is 0 Å². The van der Waals surface area contributed by atoms with Gasteiger partial charge in [0.15, 0.2) is 0 Å². The van der Waals surface area contributed by atoms with Gasteiger partial charge in [0.2, 0.25) is 0 Å². The van der Waals surface area contributed by atoms with E-state index in [4.69, 9.17) is 0 Å². The maximum absolute atomic E-state index is 2.53. The first kappa shape index (κ1) is 30.8. The fourth-order valence-electron chi connectivity index (χ4n) is 9.68. The van der Waals surface area contributed by atoms with Crippen LogP contribution in [0.25, 0.3) is 65.3 Å². The smallest absolute Gasteiger partial charge is 0.00213 e. The molecule has 0 amide bonds. The maximum Gasteiger partial charge on any atom is -0.00213 e. The molecule has 0 aromatic heterocycles. The molecule has 0 atom stereocenters. The molecule has 50 heavy (non-hydrogen) atoms. The van der Waals surface area contributed by atoms with E-state index >= 15 is 0 Å². The molecule has 0 fully saturated rings. The Bertz CT molecular complexity index is 2340. The summed E-state index contributed by atoms with van der Waals surface area (Å²) in [6, 6.07) is 42.7. The predicted octanol–water partition coefficient (Wildman–Crippen LogP) is 13.4. The highest BCUT2D eigenvalue weighted by atomic mass is 14.2. The highest BCUT2D eigenvalue weighted by Gasteiger charge is 2.21. The van der Waals surface area contributed by atoms with Crippen LogP contribution in [0.5, 0.6) is 0 Å². The van der Waals surface area contributed by atoms with Crippen LogP contribution in [0.2, 0.25) is 0 Å². The average Bonchev–Trinajstić information content (AvgIpc) is 3.08. The van der Waals surface area contributed by atoms with E-state index < -0.39 is 0 Å². The summed E-state index contributed by atoms with van der Waals surface area (Å²) in [4.78, 5) is 0. The van der Waals surface area contributed by atoms with Gasteiger partial charge in [0.25, 0.3) is 0 Å². The number of hydrogen-bond acceptors (Lipinski definition) is 0. The Morgan fingerprint density at radius 1 is 0.280 bits per heavy atom. The average molecular weight is 645 g/mol. The second-order valence-electron chi connectivity index (χ2n) is 15.1. The largest absolute Gasteiger partial charge is 0.0613 e. The second kappa shape index (κ2) is 11.7. The minimum Gasteiger partial charge on any atom is -0.0613 e. The minimum atomic E-state index is 0.993. The molecule has 9 rings (SSSR count). The Kier molecular flexibility index (Phi) is 7.22. The molecule has 1 aliphatic rings. The van der Waals surface area contributed by atoms with E-state index in [1.54, 1.807) is 0 Å². The summed E-state index contributed by atoms with van der Waals surface area (Å²) in [7, 11) is 0. The Morgan fingerprint density at radius 3 is 0.800 bits per heavy atom. The molecular weight excluding hydrogens is 601 g/mol. The molecule has 8 aromatic rings. The second-order valence-corrected chi connectivity index (χ2v) is 15.1. The number of rotatable bonds is 2. The van der Waals surface area contributed by atoms with Crippen molar-refractivity contribution in [3.63, 3.8) is 0 Å². The number of aryl methyl sites for hydroxylation is 10. The topological polar surface area (TPSA) is 0 Å². The van der Waals surface area contributed by atoms with E-state index in [-0.39, 0.29) is 0 Å². The molecule has 0 saturated heterocycles. The molecule has 244 valence electrons. The van der Waals surface area contributed by atoms with Crippen molar-refractivity contribution in [1.29, 1.82) is 0 Å². The molecule has 0 spiro atoms. The summed E-state index contributed by atoms with van der Waals surface area (Å²) in [5, 5.41) is 11.1. The molecule has 0 radical (unpaired) electrons. The summed E-state index contributed by atoms with van der Waals surface area (Å²) >= 11 is 0. The third-order valence-corrected chi connectivity index (χ3v) is 11.6. The van der Waals surface area contributed by atoms with E-state index in [1.807, 2.05) is 0 Å². The van der Waals surface area contributed by atoms with Crippen LogP contribution in [0.3, 0.4) is 0 Å². The van der Waals surface area contributed by atoms with E-state index in [9.17, 15) is 0 Å². The van der Waals surface area contributed by atoms with E-state index in [0.29, 0.717) is 0 Å². The molecule has 1 aliphatic carbocycles. The molecule has 8 aromatic carbocycles. The Balaban J connectivity index is 1.36. The van der Waals surface area contributed by atoms with Crippen molar-refractivity contribution in [2.24, 2.45) is 0 Å². The van der Waals surface area contributed by atoms with Crippen molar-refractivity contribution in [3.05, 3.63) is 165 Å². The third-order valence-electron chi connectivity index (χ3n) is 11.6. The highest BCUT2D eigenvalue weighted by Crippen LogP contribution is 2.45. The van der Waals surface area contributed by atoms with Crippen LogP contribution in [0.1, 0.15) is 55.6 Å². The quantitative estimate of drug-likeness (QED) is 0.164. The SMILES string of the molecule is Cc1cc(C)c(-c2c3cccc4c3cc3c(cccc23)CCc2cccc3c(-c5c(C)cc(C)cc5C)c5cccc(c5cc23)CC4)c(C)c1. The fourth-order valence-corrected chi connectivity index (χ4v) is 9.68. The zero-order valence-corrected chi connectivity index (χ0v) is 30.2. The van der Waals surface area contributed by atoms with Crippen molar-refractivity contribution < 1.29 is 0 Å². The van der Waals surface area contributed by atoms with Crippen molar-refractivity contribution in [2.75, 3.05) is 0 Å².